The quantitative estimate of drug-likeness (QED) is 0.889. The van der Waals surface area contributed by atoms with Crippen molar-refractivity contribution < 1.29 is 9.59 Å². The summed E-state index contributed by atoms with van der Waals surface area (Å²) in [4.78, 5) is 23.3. The summed E-state index contributed by atoms with van der Waals surface area (Å²) in [5, 5.41) is 2.84. The second-order valence-corrected chi connectivity index (χ2v) is 5.54. The van der Waals surface area contributed by atoms with Gasteiger partial charge in [-0.3, -0.25) is 9.59 Å². The molecule has 0 aliphatic heterocycles. The normalized spacial score (nSPS) is 12.9. The van der Waals surface area contributed by atoms with E-state index in [1.54, 1.807) is 0 Å². The maximum absolute atomic E-state index is 12.1. The summed E-state index contributed by atoms with van der Waals surface area (Å²) in [5.41, 5.74) is 0.580. The van der Waals surface area contributed by atoms with Crippen molar-refractivity contribution in [3.63, 3.8) is 0 Å². The van der Waals surface area contributed by atoms with Crippen LogP contribution in [0.25, 0.3) is 0 Å². The number of carbonyl (C=O) groups is 2. The van der Waals surface area contributed by atoms with Gasteiger partial charge >= 0.3 is 0 Å². The van der Waals surface area contributed by atoms with Crippen LogP contribution in [0.15, 0.2) is 30.3 Å². The van der Waals surface area contributed by atoms with Crippen molar-refractivity contribution in [3.8, 4) is 0 Å². The standard InChI is InChI=1S/C15H21NO2/c1-11(17)16-13(10-14(18)15(2,3)4)12-8-6-5-7-9-12/h5-9,13H,10H2,1-4H3,(H,16,17)/t13-/m0/s1. The Morgan fingerprint density at radius 3 is 2.17 bits per heavy atom. The summed E-state index contributed by atoms with van der Waals surface area (Å²) in [7, 11) is 0. The summed E-state index contributed by atoms with van der Waals surface area (Å²) < 4.78 is 0. The van der Waals surface area contributed by atoms with Crippen molar-refractivity contribution in [3.05, 3.63) is 35.9 Å². The molecule has 0 unspecified atom stereocenters. The van der Waals surface area contributed by atoms with Crippen molar-refractivity contribution in [2.24, 2.45) is 5.41 Å². The number of ketones is 1. The van der Waals surface area contributed by atoms with Crippen LogP contribution < -0.4 is 5.32 Å². The number of rotatable bonds is 4. The Hall–Kier alpha value is -1.64. The molecule has 1 aromatic rings. The minimum atomic E-state index is -0.383. The predicted octanol–water partition coefficient (Wildman–Crippen LogP) is 2.87. The Morgan fingerprint density at radius 2 is 1.72 bits per heavy atom. The Bertz CT molecular complexity index is 418. The molecule has 1 aromatic carbocycles. The van der Waals surface area contributed by atoms with Crippen LogP contribution in [0.2, 0.25) is 0 Å². The molecule has 3 heteroatoms. The van der Waals surface area contributed by atoms with Crippen LogP contribution in [-0.2, 0) is 9.59 Å². The number of carbonyl (C=O) groups excluding carboxylic acids is 2. The highest BCUT2D eigenvalue weighted by atomic mass is 16.1. The molecule has 1 rings (SSSR count). The van der Waals surface area contributed by atoms with Crippen LogP contribution in [0.5, 0.6) is 0 Å². The molecule has 0 aliphatic rings. The number of hydrogen-bond donors (Lipinski definition) is 1. The molecular formula is C15H21NO2. The molecule has 0 spiro atoms. The van der Waals surface area contributed by atoms with Crippen LogP contribution in [0.4, 0.5) is 0 Å². The van der Waals surface area contributed by atoms with Gasteiger partial charge in [-0.2, -0.15) is 0 Å². The van der Waals surface area contributed by atoms with E-state index in [9.17, 15) is 9.59 Å². The topological polar surface area (TPSA) is 46.2 Å². The molecule has 0 heterocycles. The second kappa shape index (κ2) is 5.80. The SMILES string of the molecule is CC(=O)N[C@@H](CC(=O)C(C)(C)C)c1ccccc1. The summed E-state index contributed by atoms with van der Waals surface area (Å²) >= 11 is 0. The first kappa shape index (κ1) is 14.4. The van der Waals surface area contributed by atoms with E-state index in [0.29, 0.717) is 6.42 Å². The van der Waals surface area contributed by atoms with Gasteiger partial charge in [-0.25, -0.2) is 0 Å². The fraction of sp³-hybridized carbons (Fsp3) is 0.467. The lowest BCUT2D eigenvalue weighted by Crippen LogP contribution is -2.31. The molecule has 1 atom stereocenters. The summed E-state index contributed by atoms with van der Waals surface area (Å²) in [6.07, 6.45) is 0.326. The van der Waals surface area contributed by atoms with Crippen molar-refractivity contribution in [1.29, 1.82) is 0 Å². The average Bonchev–Trinajstić information content (AvgIpc) is 2.27. The lowest BCUT2D eigenvalue weighted by molar-refractivity contribution is -0.127. The zero-order chi connectivity index (χ0) is 13.8. The lowest BCUT2D eigenvalue weighted by atomic mass is 9.85. The Balaban J connectivity index is 2.87. The first-order valence-corrected chi connectivity index (χ1v) is 6.16. The van der Waals surface area contributed by atoms with Gasteiger partial charge in [0.2, 0.25) is 5.91 Å². The molecule has 3 nitrogen and oxygen atoms in total. The lowest BCUT2D eigenvalue weighted by Gasteiger charge is -2.23. The highest BCUT2D eigenvalue weighted by Gasteiger charge is 2.25. The van der Waals surface area contributed by atoms with Crippen LogP contribution in [0.1, 0.15) is 45.7 Å². The Kier molecular flexibility index (Phi) is 4.65. The van der Waals surface area contributed by atoms with E-state index in [0.717, 1.165) is 5.56 Å². The van der Waals surface area contributed by atoms with Crippen molar-refractivity contribution >= 4 is 11.7 Å². The monoisotopic (exact) mass is 247 g/mol. The van der Waals surface area contributed by atoms with E-state index in [-0.39, 0.29) is 23.1 Å². The summed E-state index contributed by atoms with van der Waals surface area (Å²) in [6, 6.07) is 9.35. The molecule has 0 radical (unpaired) electrons. The number of hydrogen-bond acceptors (Lipinski definition) is 2. The van der Waals surface area contributed by atoms with Crippen LogP contribution in [-0.4, -0.2) is 11.7 Å². The third-order valence-corrected chi connectivity index (χ3v) is 2.81. The maximum atomic E-state index is 12.1. The van der Waals surface area contributed by atoms with Gasteiger partial charge in [-0.1, -0.05) is 51.1 Å². The van der Waals surface area contributed by atoms with Gasteiger partial charge in [0.1, 0.15) is 5.78 Å². The molecule has 0 bridgehead atoms. The molecule has 0 saturated heterocycles. The van der Waals surface area contributed by atoms with Gasteiger partial charge < -0.3 is 5.32 Å². The van der Waals surface area contributed by atoms with Gasteiger partial charge in [0.25, 0.3) is 0 Å². The first-order chi connectivity index (χ1) is 8.30. The van der Waals surface area contributed by atoms with E-state index in [1.807, 2.05) is 51.1 Å². The maximum Gasteiger partial charge on any atom is 0.217 e. The van der Waals surface area contributed by atoms with Gasteiger partial charge in [-0.15, -0.1) is 0 Å². The van der Waals surface area contributed by atoms with Crippen molar-refractivity contribution in [2.75, 3.05) is 0 Å². The molecule has 0 aliphatic carbocycles. The van der Waals surface area contributed by atoms with Gasteiger partial charge in [-0.05, 0) is 5.56 Å². The Morgan fingerprint density at radius 1 is 1.17 bits per heavy atom. The zero-order valence-electron chi connectivity index (χ0n) is 11.5. The summed E-state index contributed by atoms with van der Waals surface area (Å²) in [6.45, 7) is 7.15. The third-order valence-electron chi connectivity index (χ3n) is 2.81. The summed E-state index contributed by atoms with van der Waals surface area (Å²) in [5.74, 6) is 0.0238. The fourth-order valence-electron chi connectivity index (χ4n) is 1.67. The van der Waals surface area contributed by atoms with E-state index >= 15 is 0 Å². The highest BCUT2D eigenvalue weighted by molar-refractivity contribution is 5.85. The molecule has 98 valence electrons. The number of nitrogens with one attached hydrogen (secondary N) is 1. The van der Waals surface area contributed by atoms with Crippen molar-refractivity contribution in [1.82, 2.24) is 5.32 Å². The minimum Gasteiger partial charge on any atom is -0.349 e. The smallest absolute Gasteiger partial charge is 0.217 e. The van der Waals surface area contributed by atoms with Crippen molar-refractivity contribution in [2.45, 2.75) is 40.2 Å². The largest absolute Gasteiger partial charge is 0.349 e. The van der Waals surface area contributed by atoms with E-state index in [1.165, 1.54) is 6.92 Å². The first-order valence-electron chi connectivity index (χ1n) is 6.16. The molecule has 18 heavy (non-hydrogen) atoms. The average molecular weight is 247 g/mol. The van der Waals surface area contributed by atoms with Gasteiger partial charge in [0.05, 0.1) is 6.04 Å². The van der Waals surface area contributed by atoms with Crippen LogP contribution in [0.3, 0.4) is 0 Å². The van der Waals surface area contributed by atoms with Gasteiger partial charge in [0.15, 0.2) is 0 Å². The molecular weight excluding hydrogens is 226 g/mol. The highest BCUT2D eigenvalue weighted by Crippen LogP contribution is 2.24. The van der Waals surface area contributed by atoms with Crippen LogP contribution >= 0.6 is 0 Å². The molecule has 1 N–H and O–H groups in total. The second-order valence-electron chi connectivity index (χ2n) is 5.54. The van der Waals surface area contributed by atoms with E-state index in [4.69, 9.17) is 0 Å². The van der Waals surface area contributed by atoms with Crippen LogP contribution in [0, 0.1) is 5.41 Å². The zero-order valence-corrected chi connectivity index (χ0v) is 11.5. The Labute approximate surface area is 109 Å². The number of benzene rings is 1. The fourth-order valence-corrected chi connectivity index (χ4v) is 1.67. The molecule has 0 aromatic heterocycles. The van der Waals surface area contributed by atoms with E-state index < -0.39 is 0 Å². The molecule has 1 amide bonds. The molecule has 0 saturated carbocycles. The predicted molar refractivity (Wildman–Crippen MR) is 72.1 cm³/mol. The van der Waals surface area contributed by atoms with E-state index in [2.05, 4.69) is 5.32 Å². The van der Waals surface area contributed by atoms with Gasteiger partial charge in [0, 0.05) is 18.8 Å². The third kappa shape index (κ3) is 4.32. The molecule has 0 fully saturated rings. The number of amides is 1. The number of Topliss-reactive ketones (excluding diaryl/α,β-unsaturated/α-hetero) is 1. The minimum absolute atomic E-state index is 0.120.